The molecule has 0 aliphatic heterocycles. The van der Waals surface area contributed by atoms with Crippen molar-refractivity contribution in [3.63, 3.8) is 0 Å². The Bertz CT molecular complexity index is 473. The predicted molar refractivity (Wildman–Crippen MR) is 57.0 cm³/mol. The minimum Gasteiger partial charge on any atom is -0.298 e. The van der Waals surface area contributed by atoms with E-state index in [1.807, 2.05) is 25.1 Å². The van der Waals surface area contributed by atoms with Crippen LogP contribution in [0.2, 0.25) is 4.34 Å². The number of aryl methyl sites for hydroxylation is 1. The van der Waals surface area contributed by atoms with Crippen LogP contribution < -0.4 is 0 Å². The Balaban J connectivity index is 2.91. The molecular weight excluding hydrogens is 204 g/mol. The van der Waals surface area contributed by atoms with Crippen LogP contribution in [0.5, 0.6) is 0 Å². The summed E-state index contributed by atoms with van der Waals surface area (Å²) in [5, 5.41) is 0.963. The fourth-order valence-corrected chi connectivity index (χ4v) is 2.58. The molecule has 0 aliphatic carbocycles. The van der Waals surface area contributed by atoms with Gasteiger partial charge >= 0.3 is 0 Å². The summed E-state index contributed by atoms with van der Waals surface area (Å²) >= 11 is 7.40. The number of rotatable bonds is 1. The summed E-state index contributed by atoms with van der Waals surface area (Å²) in [5.41, 5.74) is 1.88. The normalized spacial score (nSPS) is 10.6. The van der Waals surface area contributed by atoms with Crippen LogP contribution in [0.4, 0.5) is 0 Å². The lowest BCUT2D eigenvalue weighted by Gasteiger charge is -1.96. The molecule has 1 heterocycles. The first-order valence-corrected chi connectivity index (χ1v) is 5.05. The minimum atomic E-state index is 0.712. The van der Waals surface area contributed by atoms with Gasteiger partial charge in [-0.25, -0.2) is 0 Å². The Kier molecular flexibility index (Phi) is 2.10. The van der Waals surface area contributed by atoms with Gasteiger partial charge < -0.3 is 0 Å². The van der Waals surface area contributed by atoms with Gasteiger partial charge in [-0.3, -0.25) is 4.79 Å². The molecule has 0 N–H and O–H groups in total. The molecule has 3 heteroatoms. The van der Waals surface area contributed by atoms with Crippen LogP contribution in [0.3, 0.4) is 0 Å². The van der Waals surface area contributed by atoms with Gasteiger partial charge in [-0.1, -0.05) is 23.7 Å². The van der Waals surface area contributed by atoms with Crippen LogP contribution in [0.25, 0.3) is 10.1 Å². The van der Waals surface area contributed by atoms with E-state index >= 15 is 0 Å². The van der Waals surface area contributed by atoms with Crippen molar-refractivity contribution in [1.29, 1.82) is 0 Å². The number of carbonyl (C=O) groups is 1. The van der Waals surface area contributed by atoms with E-state index in [1.165, 1.54) is 11.3 Å². The lowest BCUT2D eigenvalue weighted by Crippen LogP contribution is -1.81. The Morgan fingerprint density at radius 1 is 1.46 bits per heavy atom. The van der Waals surface area contributed by atoms with Gasteiger partial charge in [0.05, 0.1) is 4.34 Å². The minimum absolute atomic E-state index is 0.712. The standard InChI is InChI=1S/C10H7ClOS/c1-6-2-3-7(5-12)8-4-9(11)13-10(6)8/h2-5H,1H3. The summed E-state index contributed by atoms with van der Waals surface area (Å²) in [5.74, 6) is 0. The van der Waals surface area contributed by atoms with Crippen LogP contribution in [-0.2, 0) is 0 Å². The Labute approximate surface area is 84.9 Å². The Morgan fingerprint density at radius 2 is 2.23 bits per heavy atom. The van der Waals surface area contributed by atoms with Crippen LogP contribution in [-0.4, -0.2) is 6.29 Å². The molecule has 0 atom stereocenters. The van der Waals surface area contributed by atoms with E-state index in [9.17, 15) is 4.79 Å². The van der Waals surface area contributed by atoms with Crippen molar-refractivity contribution in [3.8, 4) is 0 Å². The Morgan fingerprint density at radius 3 is 2.92 bits per heavy atom. The summed E-state index contributed by atoms with van der Waals surface area (Å²) < 4.78 is 1.84. The molecule has 0 amide bonds. The maximum absolute atomic E-state index is 10.7. The second-order valence-electron chi connectivity index (χ2n) is 2.88. The average molecular weight is 211 g/mol. The van der Waals surface area contributed by atoms with Crippen molar-refractivity contribution in [2.75, 3.05) is 0 Å². The first-order valence-electron chi connectivity index (χ1n) is 3.86. The number of benzene rings is 1. The number of thiophene rings is 1. The molecule has 0 spiro atoms. The number of hydrogen-bond donors (Lipinski definition) is 0. The summed E-state index contributed by atoms with van der Waals surface area (Å²) in [6, 6.07) is 5.62. The maximum Gasteiger partial charge on any atom is 0.150 e. The summed E-state index contributed by atoms with van der Waals surface area (Å²) in [7, 11) is 0. The van der Waals surface area contributed by atoms with E-state index in [1.54, 1.807) is 0 Å². The topological polar surface area (TPSA) is 17.1 Å². The van der Waals surface area contributed by atoms with Crippen LogP contribution >= 0.6 is 22.9 Å². The van der Waals surface area contributed by atoms with E-state index in [4.69, 9.17) is 11.6 Å². The quantitative estimate of drug-likeness (QED) is 0.657. The van der Waals surface area contributed by atoms with E-state index in [0.29, 0.717) is 5.56 Å². The van der Waals surface area contributed by atoms with Gasteiger partial charge in [0, 0.05) is 15.6 Å². The molecule has 0 radical (unpaired) electrons. The molecule has 1 aromatic heterocycles. The fraction of sp³-hybridized carbons (Fsp3) is 0.100. The van der Waals surface area contributed by atoms with Crippen molar-refractivity contribution in [2.24, 2.45) is 0 Å². The molecule has 2 rings (SSSR count). The van der Waals surface area contributed by atoms with Gasteiger partial charge in [0.1, 0.15) is 0 Å². The first-order chi connectivity index (χ1) is 6.22. The average Bonchev–Trinajstić information content (AvgIpc) is 2.48. The van der Waals surface area contributed by atoms with E-state index in [0.717, 1.165) is 26.3 Å². The number of hydrogen-bond acceptors (Lipinski definition) is 2. The van der Waals surface area contributed by atoms with Gasteiger partial charge in [0.15, 0.2) is 6.29 Å². The monoisotopic (exact) mass is 210 g/mol. The predicted octanol–water partition coefficient (Wildman–Crippen LogP) is 3.68. The highest BCUT2D eigenvalue weighted by Crippen LogP contribution is 2.33. The SMILES string of the molecule is Cc1ccc(C=O)c2cc(Cl)sc12. The lowest BCUT2D eigenvalue weighted by atomic mass is 10.1. The lowest BCUT2D eigenvalue weighted by molar-refractivity contribution is 0.112. The van der Waals surface area contributed by atoms with E-state index in [-0.39, 0.29) is 0 Å². The highest BCUT2D eigenvalue weighted by atomic mass is 35.5. The van der Waals surface area contributed by atoms with Crippen molar-refractivity contribution in [2.45, 2.75) is 6.92 Å². The summed E-state index contributed by atoms with van der Waals surface area (Å²) in [4.78, 5) is 10.7. The van der Waals surface area contributed by atoms with Crippen molar-refractivity contribution < 1.29 is 4.79 Å². The molecule has 0 fully saturated rings. The van der Waals surface area contributed by atoms with Crippen LogP contribution in [0, 0.1) is 6.92 Å². The van der Waals surface area contributed by atoms with Crippen molar-refractivity contribution in [3.05, 3.63) is 33.7 Å². The van der Waals surface area contributed by atoms with Gasteiger partial charge in [-0.05, 0) is 18.6 Å². The molecule has 66 valence electrons. The smallest absolute Gasteiger partial charge is 0.150 e. The highest BCUT2D eigenvalue weighted by molar-refractivity contribution is 7.22. The second kappa shape index (κ2) is 3.13. The molecule has 1 aromatic carbocycles. The number of halogens is 1. The molecule has 0 saturated heterocycles. The zero-order chi connectivity index (χ0) is 9.42. The van der Waals surface area contributed by atoms with Crippen LogP contribution in [0.15, 0.2) is 18.2 Å². The van der Waals surface area contributed by atoms with Crippen molar-refractivity contribution in [1.82, 2.24) is 0 Å². The molecule has 2 aromatic rings. The third-order valence-corrected chi connectivity index (χ3v) is 3.41. The van der Waals surface area contributed by atoms with Crippen molar-refractivity contribution >= 4 is 39.3 Å². The van der Waals surface area contributed by atoms with E-state index in [2.05, 4.69) is 0 Å². The molecule has 0 bridgehead atoms. The number of fused-ring (bicyclic) bond motifs is 1. The van der Waals surface area contributed by atoms with E-state index < -0.39 is 0 Å². The fourth-order valence-electron chi connectivity index (χ4n) is 1.35. The number of aldehydes is 1. The van der Waals surface area contributed by atoms with Gasteiger partial charge in [-0.15, -0.1) is 11.3 Å². The molecule has 13 heavy (non-hydrogen) atoms. The first kappa shape index (κ1) is 8.73. The third-order valence-electron chi connectivity index (χ3n) is 2.01. The second-order valence-corrected chi connectivity index (χ2v) is 4.57. The molecular formula is C10H7ClOS. The molecule has 0 saturated carbocycles. The summed E-state index contributed by atoms with van der Waals surface area (Å²) in [6.07, 6.45) is 0.866. The number of carbonyl (C=O) groups excluding carboxylic acids is 1. The molecule has 0 aliphatic rings. The zero-order valence-corrected chi connectivity index (χ0v) is 8.58. The zero-order valence-electron chi connectivity index (χ0n) is 7.00. The van der Waals surface area contributed by atoms with Gasteiger partial charge in [0.25, 0.3) is 0 Å². The van der Waals surface area contributed by atoms with Gasteiger partial charge in [0.2, 0.25) is 0 Å². The highest BCUT2D eigenvalue weighted by Gasteiger charge is 2.06. The molecule has 1 nitrogen and oxygen atoms in total. The Hall–Kier alpha value is -0.860. The maximum atomic E-state index is 10.7. The third kappa shape index (κ3) is 1.36. The summed E-state index contributed by atoms with van der Waals surface area (Å²) in [6.45, 7) is 2.02. The molecule has 0 unspecified atom stereocenters. The largest absolute Gasteiger partial charge is 0.298 e. The van der Waals surface area contributed by atoms with Crippen LogP contribution in [0.1, 0.15) is 15.9 Å². The van der Waals surface area contributed by atoms with Gasteiger partial charge in [-0.2, -0.15) is 0 Å².